The lowest BCUT2D eigenvalue weighted by molar-refractivity contribution is -0.181. The highest BCUT2D eigenvalue weighted by Crippen LogP contribution is 2.27. The van der Waals surface area contributed by atoms with Gasteiger partial charge < -0.3 is 14.6 Å². The van der Waals surface area contributed by atoms with Gasteiger partial charge in [0.05, 0.1) is 12.7 Å². The van der Waals surface area contributed by atoms with E-state index >= 15 is 0 Å². The van der Waals surface area contributed by atoms with E-state index in [0.717, 1.165) is 16.7 Å². The van der Waals surface area contributed by atoms with Gasteiger partial charge in [-0.2, -0.15) is 0 Å². The quantitative estimate of drug-likeness (QED) is 0.799. The molecule has 2 aromatic rings. The zero-order valence-corrected chi connectivity index (χ0v) is 15.0. The van der Waals surface area contributed by atoms with E-state index in [9.17, 15) is 9.90 Å². The first-order valence-electron chi connectivity index (χ1n) is 8.04. The summed E-state index contributed by atoms with van der Waals surface area (Å²) in [5, 5.41) is 11.3. The van der Waals surface area contributed by atoms with Gasteiger partial charge in [-0.3, -0.25) is 0 Å². The molecule has 1 aliphatic rings. The van der Waals surface area contributed by atoms with Crippen LogP contribution in [0.1, 0.15) is 12.0 Å². The minimum Gasteiger partial charge on any atom is -0.461 e. The molecule has 3 rings (SSSR count). The summed E-state index contributed by atoms with van der Waals surface area (Å²) in [5.41, 5.74) is 3.01. The number of aryl methyl sites for hydroxylation is 1. The van der Waals surface area contributed by atoms with E-state index in [1.807, 2.05) is 36.4 Å². The summed E-state index contributed by atoms with van der Waals surface area (Å²) >= 11 is 12.1. The van der Waals surface area contributed by atoms with Gasteiger partial charge >= 0.3 is 5.97 Å². The highest BCUT2D eigenvalue weighted by Gasteiger charge is 2.31. The minimum absolute atomic E-state index is 0.247. The van der Waals surface area contributed by atoms with Gasteiger partial charge in [-0.25, -0.2) is 4.79 Å². The predicted octanol–water partition coefficient (Wildman–Crippen LogP) is 3.90. The largest absolute Gasteiger partial charge is 0.461 e. The molecule has 1 N–H and O–H groups in total. The van der Waals surface area contributed by atoms with Crippen LogP contribution in [0.2, 0.25) is 10.0 Å². The Kier molecular flexibility index (Phi) is 5.97. The lowest BCUT2D eigenvalue weighted by atomic mass is 10.00. The van der Waals surface area contributed by atoms with Crippen LogP contribution in [0.25, 0.3) is 11.1 Å². The molecule has 2 aromatic carbocycles. The lowest BCUT2D eigenvalue weighted by Crippen LogP contribution is -2.42. The molecule has 0 aromatic heterocycles. The van der Waals surface area contributed by atoms with Gasteiger partial charge in [0.25, 0.3) is 0 Å². The number of carbonyl (C=O) groups is 1. The molecule has 1 heterocycles. The number of rotatable bonds is 5. The molecular formula is C19H18Cl2O4. The smallest absolute Gasteiger partial charge is 0.338 e. The van der Waals surface area contributed by atoms with E-state index in [4.69, 9.17) is 32.7 Å². The number of carbonyl (C=O) groups excluding carboxylic acids is 1. The van der Waals surface area contributed by atoms with Crippen LogP contribution in [0.5, 0.6) is 0 Å². The first-order chi connectivity index (χ1) is 12.0. The van der Waals surface area contributed by atoms with Crippen LogP contribution < -0.4 is 0 Å². The number of esters is 1. The van der Waals surface area contributed by atoms with Crippen molar-refractivity contribution in [3.8, 4) is 11.1 Å². The van der Waals surface area contributed by atoms with Crippen molar-refractivity contribution in [1.29, 1.82) is 0 Å². The maximum atomic E-state index is 11.6. The average molecular weight is 381 g/mol. The molecule has 0 saturated carbocycles. The number of ether oxygens (including phenoxy) is 2. The second-order valence-electron chi connectivity index (χ2n) is 5.92. The molecule has 6 heteroatoms. The highest BCUT2D eigenvalue weighted by molar-refractivity contribution is 6.35. The Hall–Kier alpha value is -1.59. The second kappa shape index (κ2) is 8.19. The Morgan fingerprint density at radius 1 is 1.04 bits per heavy atom. The molecule has 1 fully saturated rings. The molecular weight excluding hydrogens is 363 g/mol. The van der Waals surface area contributed by atoms with E-state index in [0.29, 0.717) is 29.5 Å². The summed E-state index contributed by atoms with van der Waals surface area (Å²) < 4.78 is 10.2. The SMILES string of the molecule is O=C1OCCOC1C(O)CCc1ccc(-c2cc(Cl)cc(Cl)c2)cc1. The number of hydrogen-bond donors (Lipinski definition) is 1. The Balaban J connectivity index is 1.61. The van der Waals surface area contributed by atoms with Crippen LogP contribution in [-0.4, -0.2) is 36.5 Å². The monoisotopic (exact) mass is 380 g/mol. The van der Waals surface area contributed by atoms with Gasteiger partial charge in [0.2, 0.25) is 0 Å². The predicted molar refractivity (Wildman–Crippen MR) is 96.9 cm³/mol. The number of aliphatic hydroxyl groups excluding tert-OH is 1. The van der Waals surface area contributed by atoms with E-state index in [2.05, 4.69) is 0 Å². The maximum Gasteiger partial charge on any atom is 0.338 e. The van der Waals surface area contributed by atoms with Crippen LogP contribution >= 0.6 is 23.2 Å². The summed E-state index contributed by atoms with van der Waals surface area (Å²) in [4.78, 5) is 11.6. The molecule has 0 aliphatic carbocycles. The summed E-state index contributed by atoms with van der Waals surface area (Å²) in [6.45, 7) is 0.571. The Bertz CT molecular complexity index is 725. The zero-order chi connectivity index (χ0) is 17.8. The maximum absolute atomic E-state index is 11.6. The number of cyclic esters (lactones) is 1. The first kappa shape index (κ1) is 18.2. The van der Waals surface area contributed by atoms with Gasteiger partial charge in [-0.15, -0.1) is 0 Å². The second-order valence-corrected chi connectivity index (χ2v) is 6.79. The van der Waals surface area contributed by atoms with Gasteiger partial charge in [0.15, 0.2) is 6.10 Å². The van der Waals surface area contributed by atoms with Crippen molar-refractivity contribution in [3.05, 3.63) is 58.1 Å². The third-order valence-corrected chi connectivity index (χ3v) is 4.52. The fourth-order valence-electron chi connectivity index (χ4n) is 2.79. The minimum atomic E-state index is -0.887. The van der Waals surface area contributed by atoms with Crippen molar-refractivity contribution < 1.29 is 19.4 Å². The molecule has 0 spiro atoms. The summed E-state index contributed by atoms with van der Waals surface area (Å²) in [6.07, 6.45) is -0.715. The van der Waals surface area contributed by atoms with Crippen molar-refractivity contribution in [2.24, 2.45) is 0 Å². The Labute approximate surface area is 156 Å². The van der Waals surface area contributed by atoms with Crippen molar-refractivity contribution >= 4 is 29.2 Å². The molecule has 25 heavy (non-hydrogen) atoms. The Morgan fingerprint density at radius 2 is 1.72 bits per heavy atom. The van der Waals surface area contributed by atoms with Crippen molar-refractivity contribution in [2.45, 2.75) is 25.0 Å². The number of halogens is 2. The third-order valence-electron chi connectivity index (χ3n) is 4.09. The third kappa shape index (κ3) is 4.73. The van der Waals surface area contributed by atoms with Gasteiger partial charge in [0, 0.05) is 10.0 Å². The molecule has 1 saturated heterocycles. The molecule has 1 aliphatic heterocycles. The first-order valence-corrected chi connectivity index (χ1v) is 8.80. The lowest BCUT2D eigenvalue weighted by Gasteiger charge is -2.25. The average Bonchev–Trinajstić information content (AvgIpc) is 2.60. The van der Waals surface area contributed by atoms with Crippen LogP contribution in [0, 0.1) is 0 Å². The van der Waals surface area contributed by atoms with E-state index in [1.54, 1.807) is 6.07 Å². The molecule has 0 radical (unpaired) electrons. The van der Waals surface area contributed by atoms with Crippen LogP contribution in [0.4, 0.5) is 0 Å². The van der Waals surface area contributed by atoms with Crippen LogP contribution in [0.15, 0.2) is 42.5 Å². The molecule has 132 valence electrons. The number of benzene rings is 2. The van der Waals surface area contributed by atoms with E-state index < -0.39 is 18.2 Å². The van der Waals surface area contributed by atoms with Gasteiger partial charge in [-0.05, 0) is 47.7 Å². The highest BCUT2D eigenvalue weighted by atomic mass is 35.5. The summed E-state index contributed by atoms with van der Waals surface area (Å²) in [7, 11) is 0. The summed E-state index contributed by atoms with van der Waals surface area (Å²) in [6, 6.07) is 13.3. The number of hydrogen-bond acceptors (Lipinski definition) is 4. The van der Waals surface area contributed by atoms with E-state index in [-0.39, 0.29) is 6.61 Å². The molecule has 0 bridgehead atoms. The van der Waals surface area contributed by atoms with Crippen molar-refractivity contribution in [1.82, 2.24) is 0 Å². The van der Waals surface area contributed by atoms with Crippen LogP contribution in [-0.2, 0) is 20.7 Å². The summed E-state index contributed by atoms with van der Waals surface area (Å²) in [5.74, 6) is -0.494. The zero-order valence-electron chi connectivity index (χ0n) is 13.5. The normalized spacial score (nSPS) is 18.7. The molecule has 4 nitrogen and oxygen atoms in total. The van der Waals surface area contributed by atoms with Crippen molar-refractivity contribution in [3.63, 3.8) is 0 Å². The van der Waals surface area contributed by atoms with Gasteiger partial charge in [-0.1, -0.05) is 47.5 Å². The van der Waals surface area contributed by atoms with E-state index in [1.165, 1.54) is 0 Å². The van der Waals surface area contributed by atoms with Gasteiger partial charge in [0.1, 0.15) is 6.61 Å². The number of aliphatic hydroxyl groups is 1. The fourth-order valence-corrected chi connectivity index (χ4v) is 3.31. The molecule has 0 amide bonds. The molecule has 2 atom stereocenters. The molecule has 2 unspecified atom stereocenters. The van der Waals surface area contributed by atoms with Crippen molar-refractivity contribution in [2.75, 3.05) is 13.2 Å². The topological polar surface area (TPSA) is 55.8 Å². The van der Waals surface area contributed by atoms with Crippen LogP contribution in [0.3, 0.4) is 0 Å². The standard InChI is InChI=1S/C19H18Cl2O4/c20-15-9-14(10-16(21)11-15)13-4-1-12(2-5-13)3-6-17(22)18-19(23)25-8-7-24-18/h1-2,4-5,9-11,17-18,22H,3,6-8H2. The fraction of sp³-hybridized carbons (Fsp3) is 0.316. The Morgan fingerprint density at radius 3 is 2.36 bits per heavy atom.